The number of nitrogens with zero attached hydrogens (tertiary/aromatic N) is 3. The third-order valence-corrected chi connectivity index (χ3v) is 4.64. The summed E-state index contributed by atoms with van der Waals surface area (Å²) in [5.74, 6) is 2.62. The number of ether oxygens (including phenoxy) is 3. The van der Waals surface area contributed by atoms with Gasteiger partial charge in [-0.25, -0.2) is 4.98 Å². The van der Waals surface area contributed by atoms with Crippen molar-refractivity contribution in [1.29, 1.82) is 0 Å². The predicted octanol–water partition coefficient (Wildman–Crippen LogP) is 3.30. The molecule has 0 bridgehead atoms. The van der Waals surface area contributed by atoms with Gasteiger partial charge < -0.3 is 24.4 Å². The molecular formula is C18H27IN4O3S. The highest BCUT2D eigenvalue weighted by Gasteiger charge is 2.14. The lowest BCUT2D eigenvalue weighted by molar-refractivity contribution is 0.323. The van der Waals surface area contributed by atoms with Crippen molar-refractivity contribution in [3.63, 3.8) is 0 Å². The van der Waals surface area contributed by atoms with E-state index in [1.165, 1.54) is 0 Å². The molecule has 0 atom stereocenters. The molecular weight excluding hydrogens is 479 g/mol. The highest BCUT2D eigenvalue weighted by atomic mass is 127. The molecule has 1 aromatic carbocycles. The zero-order chi connectivity index (χ0) is 19.1. The summed E-state index contributed by atoms with van der Waals surface area (Å²) < 4.78 is 16.2. The summed E-state index contributed by atoms with van der Waals surface area (Å²) >= 11 is 1.65. The molecule has 0 aliphatic carbocycles. The van der Waals surface area contributed by atoms with E-state index in [9.17, 15) is 0 Å². The molecule has 27 heavy (non-hydrogen) atoms. The van der Waals surface area contributed by atoms with Crippen molar-refractivity contribution in [2.45, 2.75) is 20.0 Å². The van der Waals surface area contributed by atoms with Gasteiger partial charge in [-0.15, -0.1) is 35.3 Å². The average Bonchev–Trinajstić information content (AvgIpc) is 3.05. The molecule has 0 saturated heterocycles. The van der Waals surface area contributed by atoms with E-state index < -0.39 is 0 Å². The predicted molar refractivity (Wildman–Crippen MR) is 120 cm³/mol. The summed E-state index contributed by atoms with van der Waals surface area (Å²) in [6.07, 6.45) is 0. The quantitative estimate of drug-likeness (QED) is 0.353. The van der Waals surface area contributed by atoms with Gasteiger partial charge in [0.25, 0.3) is 0 Å². The van der Waals surface area contributed by atoms with Crippen LogP contribution in [0.1, 0.15) is 16.3 Å². The molecule has 0 aliphatic heterocycles. The number of guanidine groups is 1. The molecule has 0 amide bonds. The van der Waals surface area contributed by atoms with Crippen LogP contribution in [0.5, 0.6) is 17.2 Å². The Morgan fingerprint density at radius 3 is 2.26 bits per heavy atom. The molecule has 0 radical (unpaired) electrons. The van der Waals surface area contributed by atoms with E-state index in [1.807, 2.05) is 31.0 Å². The number of rotatable bonds is 7. The normalized spacial score (nSPS) is 10.8. The number of hydrogen-bond acceptors (Lipinski definition) is 6. The Labute approximate surface area is 181 Å². The monoisotopic (exact) mass is 506 g/mol. The van der Waals surface area contributed by atoms with Gasteiger partial charge in [0.15, 0.2) is 17.5 Å². The van der Waals surface area contributed by atoms with E-state index in [-0.39, 0.29) is 24.0 Å². The van der Waals surface area contributed by atoms with Crippen LogP contribution in [0.4, 0.5) is 0 Å². The third kappa shape index (κ3) is 6.13. The van der Waals surface area contributed by atoms with Gasteiger partial charge in [-0.05, 0) is 24.6 Å². The molecule has 0 saturated carbocycles. The minimum atomic E-state index is 0. The number of aliphatic imine (C=N–C) groups is 1. The van der Waals surface area contributed by atoms with Crippen LogP contribution in [-0.2, 0) is 13.1 Å². The van der Waals surface area contributed by atoms with Crippen LogP contribution >= 0.6 is 35.3 Å². The number of aromatic nitrogens is 1. The molecule has 7 nitrogen and oxygen atoms in total. The Balaban J connectivity index is 0.00000364. The van der Waals surface area contributed by atoms with Crippen molar-refractivity contribution < 1.29 is 14.2 Å². The number of hydrogen-bond donors (Lipinski definition) is 1. The highest BCUT2D eigenvalue weighted by molar-refractivity contribution is 14.0. The smallest absolute Gasteiger partial charge is 0.203 e. The van der Waals surface area contributed by atoms with Gasteiger partial charge in [0.1, 0.15) is 0 Å². The molecule has 0 spiro atoms. The number of thiazole rings is 1. The van der Waals surface area contributed by atoms with Crippen molar-refractivity contribution in [2.75, 3.05) is 35.4 Å². The summed E-state index contributed by atoms with van der Waals surface area (Å²) in [5.41, 5.74) is 2.03. The van der Waals surface area contributed by atoms with Crippen LogP contribution in [0.2, 0.25) is 0 Å². The van der Waals surface area contributed by atoms with Crippen LogP contribution in [-0.4, -0.2) is 51.3 Å². The van der Waals surface area contributed by atoms with Gasteiger partial charge in [-0.1, -0.05) is 0 Å². The second kappa shape index (κ2) is 11.2. The molecule has 0 aliphatic rings. The standard InChI is InChI=1S/C18H26N4O3S.HI/c1-12-21-14(11-26-12)10-22(3)18(19-2)20-9-13-7-15(23-4)17(25-6)16(8-13)24-5;/h7-8,11H,9-10H2,1-6H3,(H,19,20);1H. The van der Waals surface area contributed by atoms with Gasteiger partial charge in [-0.3, -0.25) is 4.99 Å². The van der Waals surface area contributed by atoms with Crippen molar-refractivity contribution in [2.24, 2.45) is 4.99 Å². The summed E-state index contributed by atoms with van der Waals surface area (Å²) in [7, 11) is 8.56. The first-order chi connectivity index (χ1) is 12.5. The minimum absolute atomic E-state index is 0. The zero-order valence-corrected chi connectivity index (χ0v) is 19.7. The fourth-order valence-corrected chi connectivity index (χ4v) is 3.21. The largest absolute Gasteiger partial charge is 0.493 e. The Morgan fingerprint density at radius 2 is 1.81 bits per heavy atom. The molecule has 0 fully saturated rings. The summed E-state index contributed by atoms with van der Waals surface area (Å²) in [6, 6.07) is 3.84. The van der Waals surface area contributed by atoms with Crippen molar-refractivity contribution in [3.05, 3.63) is 33.8 Å². The lowest BCUT2D eigenvalue weighted by atomic mass is 10.2. The second-order valence-corrected chi connectivity index (χ2v) is 6.71. The minimum Gasteiger partial charge on any atom is -0.493 e. The van der Waals surface area contributed by atoms with Crippen LogP contribution < -0.4 is 19.5 Å². The molecule has 1 aromatic heterocycles. The van der Waals surface area contributed by atoms with E-state index in [0.29, 0.717) is 30.3 Å². The number of methoxy groups -OCH3 is 3. The van der Waals surface area contributed by atoms with E-state index in [4.69, 9.17) is 14.2 Å². The van der Waals surface area contributed by atoms with Crippen LogP contribution in [0.15, 0.2) is 22.5 Å². The van der Waals surface area contributed by atoms with Gasteiger partial charge >= 0.3 is 0 Å². The van der Waals surface area contributed by atoms with E-state index in [1.54, 1.807) is 39.7 Å². The maximum atomic E-state index is 5.40. The van der Waals surface area contributed by atoms with Crippen molar-refractivity contribution >= 4 is 41.3 Å². The van der Waals surface area contributed by atoms with Crippen molar-refractivity contribution in [1.82, 2.24) is 15.2 Å². The number of halogens is 1. The van der Waals surface area contributed by atoms with Gasteiger partial charge in [-0.2, -0.15) is 0 Å². The number of aryl methyl sites for hydroxylation is 1. The molecule has 2 aromatic rings. The summed E-state index contributed by atoms with van der Waals surface area (Å²) in [6.45, 7) is 3.27. The Hall–Kier alpha value is -1.75. The number of nitrogens with one attached hydrogen (secondary N) is 1. The maximum Gasteiger partial charge on any atom is 0.203 e. The van der Waals surface area contributed by atoms with Gasteiger partial charge in [0.2, 0.25) is 5.75 Å². The van der Waals surface area contributed by atoms with E-state index in [0.717, 1.165) is 22.2 Å². The number of benzene rings is 1. The van der Waals surface area contributed by atoms with Crippen LogP contribution in [0, 0.1) is 6.92 Å². The Morgan fingerprint density at radius 1 is 1.19 bits per heavy atom. The maximum absolute atomic E-state index is 5.40. The lowest BCUT2D eigenvalue weighted by Crippen LogP contribution is -2.38. The molecule has 1 heterocycles. The first kappa shape index (κ1) is 23.3. The van der Waals surface area contributed by atoms with Gasteiger partial charge in [0, 0.05) is 26.0 Å². The summed E-state index contributed by atoms with van der Waals surface area (Å²) in [5, 5.41) is 6.48. The fraction of sp³-hybridized carbons (Fsp3) is 0.444. The van der Waals surface area contributed by atoms with Crippen LogP contribution in [0.3, 0.4) is 0 Å². The topological polar surface area (TPSA) is 68.2 Å². The molecule has 1 N–H and O–H groups in total. The molecule has 9 heteroatoms. The SMILES string of the molecule is CN=C(NCc1cc(OC)c(OC)c(OC)c1)N(C)Cc1csc(C)n1.I. The lowest BCUT2D eigenvalue weighted by Gasteiger charge is -2.21. The first-order valence-corrected chi connectivity index (χ1v) is 9.02. The second-order valence-electron chi connectivity index (χ2n) is 5.65. The average molecular weight is 506 g/mol. The first-order valence-electron chi connectivity index (χ1n) is 8.14. The molecule has 0 unspecified atom stereocenters. The van der Waals surface area contributed by atoms with Crippen LogP contribution in [0.25, 0.3) is 0 Å². The highest BCUT2D eigenvalue weighted by Crippen LogP contribution is 2.38. The molecule has 150 valence electrons. The molecule has 2 rings (SSSR count). The van der Waals surface area contributed by atoms with E-state index in [2.05, 4.69) is 20.7 Å². The van der Waals surface area contributed by atoms with Crippen molar-refractivity contribution in [3.8, 4) is 17.2 Å². The summed E-state index contributed by atoms with van der Waals surface area (Å²) in [4.78, 5) is 10.9. The Kier molecular flexibility index (Phi) is 9.64. The third-order valence-electron chi connectivity index (χ3n) is 3.81. The van der Waals surface area contributed by atoms with E-state index >= 15 is 0 Å². The zero-order valence-electron chi connectivity index (χ0n) is 16.5. The fourth-order valence-electron chi connectivity index (χ4n) is 2.60. The van der Waals surface area contributed by atoms with Gasteiger partial charge in [0.05, 0.1) is 38.6 Å². The Bertz CT molecular complexity index is 742.